The Balaban J connectivity index is 1.58. The molecule has 0 unspecified atom stereocenters. The fourth-order valence-corrected chi connectivity index (χ4v) is 3.22. The first-order valence-corrected chi connectivity index (χ1v) is 8.70. The van der Waals surface area contributed by atoms with Crippen molar-refractivity contribution >= 4 is 28.6 Å². The first-order chi connectivity index (χ1) is 12.7. The summed E-state index contributed by atoms with van der Waals surface area (Å²) < 4.78 is 0. The van der Waals surface area contributed by atoms with Crippen molar-refractivity contribution in [1.29, 1.82) is 0 Å². The zero-order valence-electron chi connectivity index (χ0n) is 14.1. The summed E-state index contributed by atoms with van der Waals surface area (Å²) in [4.78, 5) is 21.5. The number of aliphatic hydroxyl groups is 1. The van der Waals surface area contributed by atoms with E-state index in [9.17, 15) is 9.90 Å². The molecule has 1 aromatic carbocycles. The summed E-state index contributed by atoms with van der Waals surface area (Å²) in [5.41, 5.74) is 1.06. The third-order valence-electron chi connectivity index (χ3n) is 4.63. The molecular formula is C18H20N6O2. The van der Waals surface area contributed by atoms with Gasteiger partial charge in [-0.1, -0.05) is 12.1 Å². The molecule has 0 atom stereocenters. The second-order valence-corrected chi connectivity index (χ2v) is 6.50. The highest BCUT2D eigenvalue weighted by Crippen LogP contribution is 2.23. The largest absolute Gasteiger partial charge is 0.393 e. The Kier molecular flexibility index (Phi) is 4.49. The lowest BCUT2D eigenvalue weighted by molar-refractivity contribution is 0.102. The summed E-state index contributed by atoms with van der Waals surface area (Å²) in [5.74, 6) is 0.687. The molecule has 0 radical (unpaired) electrons. The number of benzene rings is 1. The van der Waals surface area contributed by atoms with E-state index in [1.54, 1.807) is 30.6 Å². The monoisotopic (exact) mass is 352 g/mol. The predicted molar refractivity (Wildman–Crippen MR) is 98.0 cm³/mol. The number of carbonyl (C=O) groups is 1. The standard InChI is InChI=1S/C18H20N6O2/c25-13-6-4-12(5-7-13)21-18-19-10-11-2-1-3-14(16(11)23-18)17(26)22-15-8-9-20-24-15/h1-3,8-10,12-13,25H,4-7H2,(H,19,21,23)(H2,20,22,24,26)/t12-,13-. The van der Waals surface area contributed by atoms with Gasteiger partial charge < -0.3 is 15.7 Å². The molecule has 0 aliphatic heterocycles. The van der Waals surface area contributed by atoms with Gasteiger partial charge in [-0.25, -0.2) is 9.97 Å². The number of hydrogen-bond acceptors (Lipinski definition) is 6. The van der Waals surface area contributed by atoms with Crippen molar-refractivity contribution in [3.63, 3.8) is 0 Å². The fourth-order valence-electron chi connectivity index (χ4n) is 3.22. The van der Waals surface area contributed by atoms with Gasteiger partial charge in [-0.2, -0.15) is 5.10 Å². The Bertz CT molecular complexity index is 903. The van der Waals surface area contributed by atoms with Crippen LogP contribution in [-0.2, 0) is 0 Å². The number of amides is 1. The second kappa shape index (κ2) is 7.09. The summed E-state index contributed by atoms with van der Waals surface area (Å²) in [6, 6.07) is 7.34. The van der Waals surface area contributed by atoms with Gasteiger partial charge in [0.05, 0.1) is 17.2 Å². The van der Waals surface area contributed by atoms with Crippen LogP contribution in [0.5, 0.6) is 0 Å². The lowest BCUT2D eigenvalue weighted by Gasteiger charge is -2.26. The van der Waals surface area contributed by atoms with E-state index in [1.165, 1.54) is 0 Å². The molecule has 0 spiro atoms. The molecule has 2 heterocycles. The number of carbonyl (C=O) groups excluding carboxylic acids is 1. The fraction of sp³-hybridized carbons (Fsp3) is 0.333. The minimum Gasteiger partial charge on any atom is -0.393 e. The Morgan fingerprint density at radius 3 is 2.81 bits per heavy atom. The third kappa shape index (κ3) is 3.50. The number of aliphatic hydroxyl groups excluding tert-OH is 1. The van der Waals surface area contributed by atoms with Gasteiger partial charge in [0.15, 0.2) is 5.82 Å². The molecule has 26 heavy (non-hydrogen) atoms. The number of H-pyrrole nitrogens is 1. The van der Waals surface area contributed by atoms with Crippen molar-refractivity contribution in [3.8, 4) is 0 Å². The molecule has 1 saturated carbocycles. The van der Waals surface area contributed by atoms with E-state index >= 15 is 0 Å². The number of para-hydroxylation sites is 1. The third-order valence-corrected chi connectivity index (χ3v) is 4.63. The van der Waals surface area contributed by atoms with Gasteiger partial charge in [0.2, 0.25) is 5.95 Å². The Morgan fingerprint density at radius 2 is 2.04 bits per heavy atom. The van der Waals surface area contributed by atoms with Crippen LogP contribution in [0.15, 0.2) is 36.7 Å². The first kappa shape index (κ1) is 16.5. The number of nitrogens with zero attached hydrogens (tertiary/aromatic N) is 3. The van der Waals surface area contributed by atoms with Crippen LogP contribution in [0, 0.1) is 0 Å². The average Bonchev–Trinajstić information content (AvgIpc) is 3.16. The molecule has 4 N–H and O–H groups in total. The Hall–Kier alpha value is -3.00. The predicted octanol–water partition coefficient (Wildman–Crippen LogP) is 2.32. The van der Waals surface area contributed by atoms with Crippen molar-refractivity contribution in [3.05, 3.63) is 42.2 Å². The van der Waals surface area contributed by atoms with Gasteiger partial charge in [-0.15, -0.1) is 0 Å². The molecule has 0 bridgehead atoms. The lowest BCUT2D eigenvalue weighted by atomic mass is 9.93. The molecule has 4 rings (SSSR count). The van der Waals surface area contributed by atoms with Crippen LogP contribution in [-0.4, -0.2) is 43.3 Å². The van der Waals surface area contributed by atoms with Gasteiger partial charge in [-0.3, -0.25) is 9.89 Å². The Labute approximate surface area is 150 Å². The molecule has 1 aliphatic carbocycles. The van der Waals surface area contributed by atoms with E-state index in [1.807, 2.05) is 6.07 Å². The highest BCUT2D eigenvalue weighted by atomic mass is 16.3. The number of aromatic amines is 1. The van der Waals surface area contributed by atoms with Crippen molar-refractivity contribution in [1.82, 2.24) is 20.2 Å². The van der Waals surface area contributed by atoms with E-state index in [0.717, 1.165) is 31.1 Å². The van der Waals surface area contributed by atoms with Gasteiger partial charge in [0, 0.05) is 29.9 Å². The number of rotatable bonds is 4. The molecule has 1 fully saturated rings. The number of hydrogen-bond donors (Lipinski definition) is 4. The molecule has 1 aliphatic rings. The highest BCUT2D eigenvalue weighted by molar-refractivity contribution is 6.11. The van der Waals surface area contributed by atoms with Crippen molar-refractivity contribution in [2.24, 2.45) is 0 Å². The lowest BCUT2D eigenvalue weighted by Crippen LogP contribution is -2.29. The topological polar surface area (TPSA) is 116 Å². The van der Waals surface area contributed by atoms with Crippen LogP contribution in [0.2, 0.25) is 0 Å². The molecule has 8 heteroatoms. The highest BCUT2D eigenvalue weighted by Gasteiger charge is 2.20. The zero-order chi connectivity index (χ0) is 17.9. The molecule has 3 aromatic rings. The maximum atomic E-state index is 12.6. The van der Waals surface area contributed by atoms with E-state index < -0.39 is 0 Å². The molecule has 134 valence electrons. The van der Waals surface area contributed by atoms with Crippen LogP contribution >= 0.6 is 0 Å². The number of aromatic nitrogens is 4. The number of anilines is 2. The quantitative estimate of drug-likeness (QED) is 0.573. The molecule has 0 saturated heterocycles. The summed E-state index contributed by atoms with van der Waals surface area (Å²) in [6.45, 7) is 0. The SMILES string of the molecule is O=C(Nc1cc[nH]n1)c1cccc2cnc(N[C@H]3CC[C@H](O)CC3)nc12. The van der Waals surface area contributed by atoms with E-state index in [0.29, 0.717) is 22.8 Å². The summed E-state index contributed by atoms with van der Waals surface area (Å²) in [6.07, 6.45) is 6.47. The van der Waals surface area contributed by atoms with Gasteiger partial charge in [-0.05, 0) is 31.7 Å². The smallest absolute Gasteiger partial charge is 0.259 e. The second-order valence-electron chi connectivity index (χ2n) is 6.50. The van der Waals surface area contributed by atoms with E-state index in [-0.39, 0.29) is 18.1 Å². The van der Waals surface area contributed by atoms with Gasteiger partial charge in [0.1, 0.15) is 0 Å². The molecule has 1 amide bonds. The van der Waals surface area contributed by atoms with Crippen LogP contribution < -0.4 is 10.6 Å². The summed E-state index contributed by atoms with van der Waals surface area (Å²) in [7, 11) is 0. The minimum absolute atomic E-state index is 0.206. The maximum absolute atomic E-state index is 12.6. The normalized spacial score (nSPS) is 20.0. The van der Waals surface area contributed by atoms with Gasteiger partial charge >= 0.3 is 0 Å². The van der Waals surface area contributed by atoms with Crippen LogP contribution in [0.4, 0.5) is 11.8 Å². The van der Waals surface area contributed by atoms with Gasteiger partial charge in [0.25, 0.3) is 5.91 Å². The van der Waals surface area contributed by atoms with Crippen LogP contribution in [0.25, 0.3) is 10.9 Å². The zero-order valence-corrected chi connectivity index (χ0v) is 14.1. The minimum atomic E-state index is -0.270. The summed E-state index contributed by atoms with van der Waals surface area (Å²) >= 11 is 0. The van der Waals surface area contributed by atoms with Crippen molar-refractivity contribution in [2.75, 3.05) is 10.6 Å². The first-order valence-electron chi connectivity index (χ1n) is 8.70. The van der Waals surface area contributed by atoms with E-state index in [4.69, 9.17) is 0 Å². The molecular weight excluding hydrogens is 332 g/mol. The van der Waals surface area contributed by atoms with Crippen molar-refractivity contribution in [2.45, 2.75) is 37.8 Å². The van der Waals surface area contributed by atoms with Crippen LogP contribution in [0.1, 0.15) is 36.0 Å². The van der Waals surface area contributed by atoms with E-state index in [2.05, 4.69) is 30.8 Å². The molecule has 8 nitrogen and oxygen atoms in total. The van der Waals surface area contributed by atoms with Crippen LogP contribution in [0.3, 0.4) is 0 Å². The molecule has 2 aromatic heterocycles. The average molecular weight is 352 g/mol. The van der Waals surface area contributed by atoms with Crippen molar-refractivity contribution < 1.29 is 9.90 Å². The number of nitrogens with one attached hydrogen (secondary N) is 3. The maximum Gasteiger partial charge on any atom is 0.259 e. The number of fused-ring (bicyclic) bond motifs is 1. The Morgan fingerprint density at radius 1 is 1.19 bits per heavy atom. The summed E-state index contributed by atoms with van der Waals surface area (Å²) in [5, 5.41) is 23.1.